The van der Waals surface area contributed by atoms with Gasteiger partial charge in [0.05, 0.1) is 7.11 Å². The van der Waals surface area contributed by atoms with E-state index in [0.717, 1.165) is 17.9 Å². The van der Waals surface area contributed by atoms with Gasteiger partial charge in [-0.25, -0.2) is 0 Å². The Morgan fingerprint density at radius 1 is 1.50 bits per heavy atom. The van der Waals surface area contributed by atoms with Crippen LogP contribution in [-0.4, -0.2) is 30.8 Å². The molecule has 0 saturated carbocycles. The normalized spacial score (nSPS) is 12.4. The second-order valence-electron chi connectivity index (χ2n) is 3.60. The van der Waals surface area contributed by atoms with Gasteiger partial charge in [0.25, 0.3) is 0 Å². The summed E-state index contributed by atoms with van der Waals surface area (Å²) in [6.07, 6.45) is 2.09. The van der Waals surface area contributed by atoms with Crippen molar-refractivity contribution in [2.75, 3.05) is 25.7 Å². The third-order valence-corrected chi connectivity index (χ3v) is 3.07. The van der Waals surface area contributed by atoms with E-state index in [1.54, 1.807) is 13.2 Å². The van der Waals surface area contributed by atoms with Crippen LogP contribution in [0.1, 0.15) is 18.5 Å². The smallest absolute Gasteiger partial charge is 0.160 e. The number of hydrogen-bond donors (Lipinski definition) is 2. The molecule has 0 aliphatic carbocycles. The number of ether oxygens (including phenoxy) is 1. The number of phenols is 1. The maximum atomic E-state index is 9.48. The van der Waals surface area contributed by atoms with E-state index in [9.17, 15) is 5.11 Å². The van der Waals surface area contributed by atoms with Crippen LogP contribution >= 0.6 is 11.8 Å². The first-order valence-electron chi connectivity index (χ1n) is 5.28. The fraction of sp³-hybridized carbons (Fsp3) is 0.500. The summed E-state index contributed by atoms with van der Waals surface area (Å²) < 4.78 is 5.08. The lowest BCUT2D eigenvalue weighted by molar-refractivity contribution is 0.372. The predicted molar refractivity (Wildman–Crippen MR) is 69.5 cm³/mol. The zero-order chi connectivity index (χ0) is 12.0. The Hall–Kier alpha value is -0.870. The molecule has 0 amide bonds. The molecule has 0 aliphatic heterocycles. The highest BCUT2D eigenvalue weighted by atomic mass is 32.2. The van der Waals surface area contributed by atoms with Crippen molar-refractivity contribution in [2.24, 2.45) is 0 Å². The van der Waals surface area contributed by atoms with Crippen LogP contribution in [0.4, 0.5) is 0 Å². The van der Waals surface area contributed by atoms with Gasteiger partial charge in [-0.15, -0.1) is 0 Å². The molecular formula is C12H19NO2S. The zero-order valence-electron chi connectivity index (χ0n) is 9.99. The summed E-state index contributed by atoms with van der Waals surface area (Å²) in [6.45, 7) is 3.08. The fourth-order valence-electron chi connectivity index (χ4n) is 1.46. The van der Waals surface area contributed by atoms with E-state index in [1.165, 1.54) is 0 Å². The standard InChI is InChI=1S/C12H19NO2S/c1-9(13-6-7-16-3)10-4-5-11(14)12(8-10)15-2/h4-5,8-9,13-14H,6-7H2,1-3H3. The summed E-state index contributed by atoms with van der Waals surface area (Å²) in [4.78, 5) is 0. The lowest BCUT2D eigenvalue weighted by atomic mass is 10.1. The highest BCUT2D eigenvalue weighted by molar-refractivity contribution is 7.98. The number of rotatable bonds is 6. The fourth-order valence-corrected chi connectivity index (χ4v) is 1.78. The second-order valence-corrected chi connectivity index (χ2v) is 4.59. The molecule has 1 aromatic carbocycles. The summed E-state index contributed by atoms with van der Waals surface area (Å²) in [5.74, 6) is 1.80. The van der Waals surface area contributed by atoms with Gasteiger partial charge in [-0.1, -0.05) is 6.07 Å². The van der Waals surface area contributed by atoms with Crippen molar-refractivity contribution >= 4 is 11.8 Å². The highest BCUT2D eigenvalue weighted by Crippen LogP contribution is 2.28. The Morgan fingerprint density at radius 2 is 2.25 bits per heavy atom. The second kappa shape index (κ2) is 6.66. The van der Waals surface area contributed by atoms with E-state index < -0.39 is 0 Å². The summed E-state index contributed by atoms with van der Waals surface area (Å²) >= 11 is 1.82. The van der Waals surface area contributed by atoms with Crippen LogP contribution in [0.3, 0.4) is 0 Å². The summed E-state index contributed by atoms with van der Waals surface area (Å²) in [7, 11) is 1.56. The molecule has 0 fully saturated rings. The molecule has 1 atom stereocenters. The molecule has 0 spiro atoms. The molecule has 3 nitrogen and oxygen atoms in total. The largest absolute Gasteiger partial charge is 0.504 e. The van der Waals surface area contributed by atoms with Crippen molar-refractivity contribution in [1.82, 2.24) is 5.32 Å². The molecule has 4 heteroatoms. The van der Waals surface area contributed by atoms with Gasteiger partial charge in [0.1, 0.15) is 0 Å². The van der Waals surface area contributed by atoms with Crippen molar-refractivity contribution in [1.29, 1.82) is 0 Å². The molecule has 0 aromatic heterocycles. The minimum Gasteiger partial charge on any atom is -0.504 e. The highest BCUT2D eigenvalue weighted by Gasteiger charge is 2.08. The maximum Gasteiger partial charge on any atom is 0.160 e. The molecule has 2 N–H and O–H groups in total. The van der Waals surface area contributed by atoms with Gasteiger partial charge < -0.3 is 15.2 Å². The lowest BCUT2D eigenvalue weighted by Gasteiger charge is -2.15. The maximum absolute atomic E-state index is 9.48. The molecule has 0 radical (unpaired) electrons. The number of thioether (sulfide) groups is 1. The van der Waals surface area contributed by atoms with Crippen LogP contribution in [0, 0.1) is 0 Å². The molecule has 1 unspecified atom stereocenters. The zero-order valence-corrected chi connectivity index (χ0v) is 10.8. The van der Waals surface area contributed by atoms with Crippen molar-refractivity contribution in [3.63, 3.8) is 0 Å². The van der Waals surface area contributed by atoms with Gasteiger partial charge in [-0.05, 0) is 30.9 Å². The SMILES string of the molecule is COc1cc(C(C)NCCSC)ccc1O. The summed E-state index contributed by atoms with van der Waals surface area (Å²) in [6, 6.07) is 5.71. The number of nitrogens with one attached hydrogen (secondary N) is 1. The Bertz CT molecular complexity index is 331. The van der Waals surface area contributed by atoms with E-state index in [4.69, 9.17) is 4.74 Å². The number of methoxy groups -OCH3 is 1. The quantitative estimate of drug-likeness (QED) is 0.751. The van der Waals surface area contributed by atoms with E-state index in [1.807, 2.05) is 23.9 Å². The Balaban J connectivity index is 2.64. The molecular weight excluding hydrogens is 222 g/mol. The van der Waals surface area contributed by atoms with Crippen LogP contribution in [0.25, 0.3) is 0 Å². The molecule has 0 aliphatic rings. The van der Waals surface area contributed by atoms with Gasteiger partial charge in [-0.3, -0.25) is 0 Å². The first-order valence-corrected chi connectivity index (χ1v) is 6.67. The van der Waals surface area contributed by atoms with Crippen molar-refractivity contribution in [2.45, 2.75) is 13.0 Å². The third-order valence-electron chi connectivity index (χ3n) is 2.46. The topological polar surface area (TPSA) is 41.5 Å². The van der Waals surface area contributed by atoms with Crippen LogP contribution in [0.15, 0.2) is 18.2 Å². The van der Waals surface area contributed by atoms with E-state index in [2.05, 4.69) is 18.5 Å². The molecule has 90 valence electrons. The van der Waals surface area contributed by atoms with E-state index >= 15 is 0 Å². The van der Waals surface area contributed by atoms with Gasteiger partial charge in [0, 0.05) is 18.3 Å². The van der Waals surface area contributed by atoms with Crippen molar-refractivity contribution < 1.29 is 9.84 Å². The molecule has 1 rings (SSSR count). The number of phenolic OH excluding ortho intramolecular Hbond substituents is 1. The van der Waals surface area contributed by atoms with Gasteiger partial charge >= 0.3 is 0 Å². The Kier molecular flexibility index (Phi) is 5.49. The number of aromatic hydroxyl groups is 1. The summed E-state index contributed by atoms with van der Waals surface area (Å²) in [5, 5.41) is 12.9. The van der Waals surface area contributed by atoms with E-state index in [-0.39, 0.29) is 11.8 Å². The third kappa shape index (κ3) is 3.61. The van der Waals surface area contributed by atoms with Crippen molar-refractivity contribution in [3.8, 4) is 11.5 Å². The first-order chi connectivity index (χ1) is 7.69. The molecule has 16 heavy (non-hydrogen) atoms. The van der Waals surface area contributed by atoms with Crippen LogP contribution in [0.2, 0.25) is 0 Å². The lowest BCUT2D eigenvalue weighted by Crippen LogP contribution is -2.21. The van der Waals surface area contributed by atoms with Crippen LogP contribution in [0.5, 0.6) is 11.5 Å². The Morgan fingerprint density at radius 3 is 2.88 bits per heavy atom. The molecule has 0 heterocycles. The van der Waals surface area contributed by atoms with Crippen LogP contribution < -0.4 is 10.1 Å². The monoisotopic (exact) mass is 241 g/mol. The van der Waals surface area contributed by atoms with Gasteiger partial charge in [-0.2, -0.15) is 11.8 Å². The average molecular weight is 241 g/mol. The van der Waals surface area contributed by atoms with Gasteiger partial charge in [0.2, 0.25) is 0 Å². The minimum atomic E-state index is 0.183. The number of hydrogen-bond acceptors (Lipinski definition) is 4. The number of benzene rings is 1. The molecule has 0 bridgehead atoms. The summed E-state index contributed by atoms with van der Waals surface area (Å²) in [5.41, 5.74) is 1.12. The van der Waals surface area contributed by atoms with Gasteiger partial charge in [0.15, 0.2) is 11.5 Å². The van der Waals surface area contributed by atoms with Crippen LogP contribution in [-0.2, 0) is 0 Å². The molecule has 0 saturated heterocycles. The molecule has 1 aromatic rings. The predicted octanol–water partition coefficient (Wildman–Crippen LogP) is 2.41. The van der Waals surface area contributed by atoms with Crippen molar-refractivity contribution in [3.05, 3.63) is 23.8 Å². The Labute approximate surface area is 101 Å². The average Bonchev–Trinajstić information content (AvgIpc) is 2.30. The van der Waals surface area contributed by atoms with E-state index in [0.29, 0.717) is 5.75 Å². The first kappa shape index (κ1) is 13.2. The minimum absolute atomic E-state index is 0.183.